The molecule has 2 aromatic carbocycles. The highest BCUT2D eigenvalue weighted by Crippen LogP contribution is 2.36. The lowest BCUT2D eigenvalue weighted by molar-refractivity contribution is -0.137. The maximum absolute atomic E-state index is 13.8. The first-order chi connectivity index (χ1) is 21.0. The van der Waals surface area contributed by atoms with Crippen LogP contribution < -0.4 is 10.1 Å². The second-order valence-corrected chi connectivity index (χ2v) is 14.4. The number of carbonyl (C=O) groups excluding carboxylic acids is 1. The van der Waals surface area contributed by atoms with Crippen molar-refractivity contribution in [2.75, 3.05) is 25.4 Å². The lowest BCUT2D eigenvalue weighted by Gasteiger charge is -2.34. The Kier molecular flexibility index (Phi) is 10.0. The van der Waals surface area contributed by atoms with Crippen LogP contribution in [0.5, 0.6) is 5.75 Å². The molecule has 1 saturated heterocycles. The van der Waals surface area contributed by atoms with Gasteiger partial charge in [-0.05, 0) is 80.3 Å². The van der Waals surface area contributed by atoms with E-state index < -0.39 is 33.2 Å². The number of aryl methyl sites for hydroxylation is 3. The molecule has 5 aliphatic rings. The molecule has 7 rings (SSSR count). The third-order valence-corrected chi connectivity index (χ3v) is 11.0. The van der Waals surface area contributed by atoms with Crippen molar-refractivity contribution in [2.45, 2.75) is 95.7 Å². The number of ether oxygens (including phenoxy) is 1. The molecule has 1 spiro atoms. The van der Waals surface area contributed by atoms with E-state index in [9.17, 15) is 26.4 Å². The van der Waals surface area contributed by atoms with Gasteiger partial charge >= 0.3 is 6.18 Å². The topological polar surface area (TPSA) is 88.1 Å². The molecule has 7 nitrogen and oxygen atoms in total. The number of hydrogen-bond donors (Lipinski definition) is 1. The second-order valence-electron chi connectivity index (χ2n) is 12.3. The van der Waals surface area contributed by atoms with Gasteiger partial charge < -0.3 is 10.1 Å². The monoisotopic (exact) mass is 633 g/mol. The Bertz CT molecular complexity index is 1480. The predicted octanol–water partition coefficient (Wildman–Crippen LogP) is 6.35. The molecule has 0 atom stereocenters. The number of carbonyl (C=O) groups is 1. The summed E-state index contributed by atoms with van der Waals surface area (Å²) in [5, 5.41) is 2.67. The van der Waals surface area contributed by atoms with E-state index in [0.717, 1.165) is 81.0 Å². The number of alkyl halides is 3. The van der Waals surface area contributed by atoms with Gasteiger partial charge in [-0.2, -0.15) is 13.2 Å². The molecule has 1 amide bonds. The number of nitrogens with one attached hydrogen (secondary N) is 1. The van der Waals surface area contributed by atoms with Crippen LogP contribution in [0.4, 0.5) is 13.2 Å². The summed E-state index contributed by atoms with van der Waals surface area (Å²) in [7, 11) is -3.58. The Hall–Kier alpha value is -2.92. The molecule has 0 saturated carbocycles. The van der Waals surface area contributed by atoms with Crippen molar-refractivity contribution in [1.82, 2.24) is 9.62 Å². The van der Waals surface area contributed by atoms with E-state index in [1.807, 2.05) is 13.0 Å². The molecular formula is C33H42F3N3O4S. The van der Waals surface area contributed by atoms with Crippen molar-refractivity contribution >= 4 is 21.8 Å². The Morgan fingerprint density at radius 2 is 1.59 bits per heavy atom. The van der Waals surface area contributed by atoms with Crippen molar-refractivity contribution in [1.29, 1.82) is 0 Å². The summed E-state index contributed by atoms with van der Waals surface area (Å²) in [6.45, 7) is 2.55. The quantitative estimate of drug-likeness (QED) is 0.366. The van der Waals surface area contributed by atoms with Crippen LogP contribution in [0.2, 0.25) is 0 Å². The average molecular weight is 634 g/mol. The number of halogens is 3. The maximum Gasteiger partial charge on any atom is 0.416 e. The summed E-state index contributed by atoms with van der Waals surface area (Å²) in [5.41, 5.74) is 1.41. The minimum Gasteiger partial charge on any atom is -0.494 e. The van der Waals surface area contributed by atoms with Crippen molar-refractivity contribution in [3.63, 3.8) is 0 Å². The van der Waals surface area contributed by atoms with Gasteiger partial charge in [0.25, 0.3) is 5.91 Å². The second kappa shape index (κ2) is 13.6. The van der Waals surface area contributed by atoms with Crippen LogP contribution in [-0.2, 0) is 33.8 Å². The highest BCUT2D eigenvalue weighted by Gasteiger charge is 2.47. The van der Waals surface area contributed by atoms with Crippen molar-refractivity contribution in [3.8, 4) is 5.75 Å². The van der Waals surface area contributed by atoms with Crippen LogP contribution >= 0.6 is 0 Å². The van der Waals surface area contributed by atoms with Gasteiger partial charge in [-0.1, -0.05) is 56.7 Å². The van der Waals surface area contributed by atoms with Crippen LogP contribution in [0.1, 0.15) is 92.0 Å². The molecule has 0 aliphatic carbocycles. The van der Waals surface area contributed by atoms with Crippen LogP contribution in [-0.4, -0.2) is 55.5 Å². The van der Waals surface area contributed by atoms with Crippen molar-refractivity contribution < 1.29 is 31.1 Å². The lowest BCUT2D eigenvalue weighted by Crippen LogP contribution is -2.50. The van der Waals surface area contributed by atoms with E-state index in [1.165, 1.54) is 15.9 Å². The number of hydrogen-bond acceptors (Lipinski definition) is 5. The zero-order chi connectivity index (χ0) is 31.4. The van der Waals surface area contributed by atoms with E-state index in [2.05, 4.69) is 22.4 Å². The van der Waals surface area contributed by atoms with Gasteiger partial charge in [0.05, 0.1) is 17.9 Å². The third kappa shape index (κ3) is 7.83. The van der Waals surface area contributed by atoms with Gasteiger partial charge in [-0.25, -0.2) is 12.7 Å². The van der Waals surface area contributed by atoms with Crippen LogP contribution in [0, 0.1) is 6.92 Å². The minimum atomic E-state index is -4.60. The summed E-state index contributed by atoms with van der Waals surface area (Å²) in [4.78, 5) is 17.7. The maximum atomic E-state index is 13.8. The summed E-state index contributed by atoms with van der Waals surface area (Å²) in [6.07, 6.45) is 5.52. The van der Waals surface area contributed by atoms with E-state index in [1.54, 1.807) is 0 Å². The van der Waals surface area contributed by atoms with E-state index in [0.29, 0.717) is 13.0 Å². The van der Waals surface area contributed by atoms with E-state index in [4.69, 9.17) is 4.74 Å². The predicted molar refractivity (Wildman–Crippen MR) is 164 cm³/mol. The number of benzene rings is 2. The summed E-state index contributed by atoms with van der Waals surface area (Å²) >= 11 is 0. The molecule has 5 heterocycles. The molecule has 0 aromatic heterocycles. The normalized spacial score (nSPS) is 25.5. The third-order valence-electron chi connectivity index (χ3n) is 9.10. The summed E-state index contributed by atoms with van der Waals surface area (Å²) in [5.74, 6) is -0.324. The summed E-state index contributed by atoms with van der Waals surface area (Å²) in [6, 6.07) is 9.75. The first kappa shape index (κ1) is 32.5. The number of amides is 1. The Morgan fingerprint density at radius 3 is 2.27 bits per heavy atom. The fourth-order valence-electron chi connectivity index (χ4n) is 6.35. The summed E-state index contributed by atoms with van der Waals surface area (Å²) < 4.78 is 75.0. The Labute approximate surface area is 258 Å². The Morgan fingerprint density at radius 1 is 0.909 bits per heavy atom. The molecule has 11 heteroatoms. The molecular weight excluding hydrogens is 591 g/mol. The van der Waals surface area contributed by atoms with Gasteiger partial charge in [0.2, 0.25) is 10.0 Å². The van der Waals surface area contributed by atoms with Gasteiger partial charge in [-0.15, -0.1) is 0 Å². The highest BCUT2D eigenvalue weighted by atomic mass is 32.2. The molecule has 5 aliphatic heterocycles. The van der Waals surface area contributed by atoms with Crippen LogP contribution in [0.3, 0.4) is 0 Å². The van der Waals surface area contributed by atoms with Crippen LogP contribution in [0.25, 0.3) is 0 Å². The number of sulfonamides is 1. The van der Waals surface area contributed by atoms with E-state index in [-0.39, 0.29) is 48.8 Å². The zero-order valence-electron chi connectivity index (χ0n) is 25.3. The lowest BCUT2D eigenvalue weighted by atomic mass is 9.89. The molecule has 1 fully saturated rings. The van der Waals surface area contributed by atoms with Gasteiger partial charge in [0.15, 0.2) is 0 Å². The molecule has 1 N–H and O–H groups in total. The fraction of sp³-hybridized carbons (Fsp3) is 0.576. The first-order valence-electron chi connectivity index (χ1n) is 15.8. The first-order valence-corrected chi connectivity index (χ1v) is 17.4. The molecule has 240 valence electrons. The Balaban J connectivity index is 1.36. The number of nitrogens with zero attached hydrogens (tertiary/aromatic N) is 2. The minimum absolute atomic E-state index is 0.0338. The van der Waals surface area contributed by atoms with E-state index >= 15 is 0 Å². The largest absolute Gasteiger partial charge is 0.494 e. The van der Waals surface area contributed by atoms with Gasteiger partial charge in [0, 0.05) is 18.7 Å². The number of amidine groups is 1. The number of aliphatic imine (C=N–C) groups is 1. The molecule has 0 unspecified atom stereocenters. The number of fused-ring (bicyclic) bond motifs is 2. The molecule has 2 aromatic rings. The zero-order valence-corrected chi connectivity index (χ0v) is 26.2. The van der Waals surface area contributed by atoms with Gasteiger partial charge in [0.1, 0.15) is 17.1 Å². The van der Waals surface area contributed by atoms with Crippen LogP contribution in [0.15, 0.2) is 41.4 Å². The molecule has 7 bridgehead atoms. The average Bonchev–Trinajstić information content (AvgIpc) is 3.29. The van der Waals surface area contributed by atoms with Crippen molar-refractivity contribution in [2.24, 2.45) is 4.99 Å². The highest BCUT2D eigenvalue weighted by molar-refractivity contribution is 7.89. The molecule has 0 radical (unpaired) electrons. The molecule has 44 heavy (non-hydrogen) atoms. The fourth-order valence-corrected chi connectivity index (χ4v) is 7.83. The van der Waals surface area contributed by atoms with Crippen molar-refractivity contribution in [3.05, 3.63) is 64.2 Å². The smallest absolute Gasteiger partial charge is 0.416 e. The standard InChI is InChI=1S/C33H42F3N3O4S/c1-24-20-25-10-8-6-4-2-3-5-7-9-18-43-29-22-27(21-28(23-29)33(34,35)36)30-37-31(40)32(38-30)14-16-39(17-15-32)44(41,42)19-13-26(24)12-11-25/h11-12,20-23H,2-10,13-19H2,1H3,(H,37,38,40). The SMILES string of the molecule is Cc1cc2ccc1CCS(=O)(=O)N1CCC3(CC1)N=C(NC3=O)c1cc(cc(C(F)(F)F)c1)OCCCCCCCCCC2. The number of rotatable bonds is 0. The number of piperidine rings is 1. The van der Waals surface area contributed by atoms with Gasteiger partial charge in [-0.3, -0.25) is 9.79 Å².